The molecule has 1 aliphatic carbocycles. The van der Waals surface area contributed by atoms with Crippen LogP contribution >= 0.6 is 11.8 Å². The quantitative estimate of drug-likeness (QED) is 0.513. The van der Waals surface area contributed by atoms with Crippen molar-refractivity contribution >= 4 is 35.1 Å². The highest BCUT2D eigenvalue weighted by atomic mass is 32.2. The smallest absolute Gasteiger partial charge is 0.234 e. The molecule has 176 valence electrons. The number of nitrogens with zero attached hydrogens (tertiary/aromatic N) is 3. The average molecular weight is 468 g/mol. The van der Waals surface area contributed by atoms with Crippen molar-refractivity contribution in [3.05, 3.63) is 42.0 Å². The zero-order chi connectivity index (χ0) is 23.0. The summed E-state index contributed by atoms with van der Waals surface area (Å²) in [5.41, 5.74) is 2.11. The van der Waals surface area contributed by atoms with Gasteiger partial charge in [-0.2, -0.15) is 0 Å². The minimum Gasteiger partial charge on any atom is -0.354 e. The van der Waals surface area contributed by atoms with E-state index < -0.39 is 0 Å². The van der Waals surface area contributed by atoms with Crippen molar-refractivity contribution in [3.63, 3.8) is 0 Å². The molecule has 33 heavy (non-hydrogen) atoms. The van der Waals surface area contributed by atoms with Crippen LogP contribution in [0.25, 0.3) is 0 Å². The molecule has 2 aliphatic rings. The minimum atomic E-state index is -0.0623. The van der Waals surface area contributed by atoms with Gasteiger partial charge in [0.15, 0.2) is 5.82 Å². The number of unbranched alkanes of at least 4 members (excludes halogenated alkanes) is 1. The molecular weight excluding hydrogens is 434 g/mol. The van der Waals surface area contributed by atoms with Gasteiger partial charge in [-0.1, -0.05) is 37.2 Å². The lowest BCUT2D eigenvalue weighted by Gasteiger charge is -2.32. The third-order valence-corrected chi connectivity index (χ3v) is 6.99. The van der Waals surface area contributed by atoms with Crippen LogP contribution in [0.2, 0.25) is 0 Å². The zero-order valence-corrected chi connectivity index (χ0v) is 20.1. The average Bonchev–Trinajstić information content (AvgIpc) is 3.67. The molecule has 1 saturated carbocycles. The van der Waals surface area contributed by atoms with E-state index in [1.165, 1.54) is 30.2 Å². The summed E-state index contributed by atoms with van der Waals surface area (Å²) < 4.78 is 0. The number of hydrogen-bond acceptors (Lipinski definition) is 6. The number of aryl methyl sites for hydroxylation is 1. The summed E-state index contributed by atoms with van der Waals surface area (Å²) in [6.45, 7) is 3.75. The summed E-state index contributed by atoms with van der Waals surface area (Å²) in [5.74, 6) is 1.19. The molecule has 0 bridgehead atoms. The number of amides is 2. The molecule has 4 rings (SSSR count). The van der Waals surface area contributed by atoms with E-state index in [0.29, 0.717) is 17.6 Å². The molecule has 2 aromatic rings. The molecule has 0 spiro atoms. The molecular formula is C25H33N5O2S. The number of rotatable bonds is 10. The summed E-state index contributed by atoms with van der Waals surface area (Å²) in [4.78, 5) is 26.9. The third-order valence-electron chi connectivity index (χ3n) is 6.07. The Morgan fingerprint density at radius 2 is 1.91 bits per heavy atom. The Kier molecular flexibility index (Phi) is 8.20. The molecule has 1 aromatic heterocycles. The highest BCUT2D eigenvalue weighted by Gasteiger charge is 2.30. The summed E-state index contributed by atoms with van der Waals surface area (Å²) in [5, 5.41) is 15.4. The number of anilines is 2. The van der Waals surface area contributed by atoms with E-state index in [4.69, 9.17) is 0 Å². The van der Waals surface area contributed by atoms with Gasteiger partial charge in [-0.15, -0.1) is 10.2 Å². The second-order valence-electron chi connectivity index (χ2n) is 8.94. The number of hydrogen-bond donors (Lipinski definition) is 2. The molecule has 2 amide bonds. The fourth-order valence-electron chi connectivity index (χ4n) is 3.98. The van der Waals surface area contributed by atoms with E-state index in [2.05, 4.69) is 44.8 Å². The first-order valence-corrected chi connectivity index (χ1v) is 13.0. The van der Waals surface area contributed by atoms with Gasteiger partial charge in [-0.25, -0.2) is 0 Å². The highest BCUT2D eigenvalue weighted by Crippen LogP contribution is 2.25. The number of thioether (sulfide) groups is 1. The van der Waals surface area contributed by atoms with Crippen LogP contribution in [0.1, 0.15) is 51.0 Å². The van der Waals surface area contributed by atoms with Crippen molar-refractivity contribution in [2.24, 2.45) is 5.92 Å². The molecule has 1 atom stereocenters. The number of nitrogens with one attached hydrogen (secondary N) is 2. The van der Waals surface area contributed by atoms with Crippen LogP contribution in [-0.2, 0) is 16.0 Å². The molecule has 1 aliphatic heterocycles. The standard InChI is InChI=1S/C25H33N5O2S/c1-2-3-5-18-7-9-20(10-8-18)26-23(31)17-33-24-14-13-22(28-29-24)30-15-4-6-19(16-30)25(32)27-21-11-12-21/h7-10,13-14,19,21H,2-6,11-12,15-17H2,1H3,(H,26,31)(H,27,32). The summed E-state index contributed by atoms with van der Waals surface area (Å²) >= 11 is 1.37. The van der Waals surface area contributed by atoms with E-state index in [-0.39, 0.29) is 23.5 Å². The maximum atomic E-state index is 12.4. The molecule has 1 unspecified atom stereocenters. The van der Waals surface area contributed by atoms with Gasteiger partial charge in [0.1, 0.15) is 5.03 Å². The lowest BCUT2D eigenvalue weighted by Crippen LogP contribution is -2.44. The molecule has 0 radical (unpaired) electrons. The molecule has 8 heteroatoms. The zero-order valence-electron chi connectivity index (χ0n) is 19.3. The van der Waals surface area contributed by atoms with Crippen molar-refractivity contribution in [2.75, 3.05) is 29.1 Å². The Balaban J connectivity index is 1.22. The number of piperidine rings is 1. The fraction of sp³-hybridized carbons (Fsp3) is 0.520. The lowest BCUT2D eigenvalue weighted by atomic mass is 9.97. The summed E-state index contributed by atoms with van der Waals surface area (Å²) in [7, 11) is 0. The first-order chi connectivity index (χ1) is 16.1. The Hall–Kier alpha value is -2.61. The normalized spacial score (nSPS) is 18.1. The largest absolute Gasteiger partial charge is 0.354 e. The van der Waals surface area contributed by atoms with Crippen LogP contribution < -0.4 is 15.5 Å². The SMILES string of the molecule is CCCCc1ccc(NC(=O)CSc2ccc(N3CCCC(C(=O)NC4CC4)C3)nn2)cc1. The fourth-order valence-corrected chi connectivity index (χ4v) is 4.59. The molecule has 1 saturated heterocycles. The topological polar surface area (TPSA) is 87.2 Å². The van der Waals surface area contributed by atoms with Crippen LogP contribution in [0.15, 0.2) is 41.4 Å². The van der Waals surface area contributed by atoms with E-state index >= 15 is 0 Å². The molecule has 7 nitrogen and oxygen atoms in total. The van der Waals surface area contributed by atoms with Crippen molar-refractivity contribution in [2.45, 2.75) is 62.9 Å². The maximum absolute atomic E-state index is 12.4. The van der Waals surface area contributed by atoms with Gasteiger partial charge >= 0.3 is 0 Å². The molecule has 2 heterocycles. The Bertz CT molecular complexity index is 931. The Labute approximate surface area is 200 Å². The van der Waals surface area contributed by atoms with Crippen LogP contribution in [-0.4, -0.2) is 46.9 Å². The van der Waals surface area contributed by atoms with E-state index in [1.54, 1.807) is 0 Å². The molecule has 2 fully saturated rings. The monoisotopic (exact) mass is 467 g/mol. The summed E-state index contributed by atoms with van der Waals surface area (Å²) in [6, 6.07) is 12.3. The van der Waals surface area contributed by atoms with Gasteiger partial charge in [0.2, 0.25) is 11.8 Å². The second kappa shape index (κ2) is 11.5. The number of carbonyl (C=O) groups excluding carboxylic acids is 2. The number of aromatic nitrogens is 2. The van der Waals surface area contributed by atoms with E-state index in [1.807, 2.05) is 24.3 Å². The van der Waals surface area contributed by atoms with Crippen molar-refractivity contribution in [1.29, 1.82) is 0 Å². The lowest BCUT2D eigenvalue weighted by molar-refractivity contribution is -0.125. The van der Waals surface area contributed by atoms with Gasteiger partial charge in [0.05, 0.1) is 11.7 Å². The highest BCUT2D eigenvalue weighted by molar-refractivity contribution is 7.99. The van der Waals surface area contributed by atoms with Gasteiger partial charge in [-0.3, -0.25) is 9.59 Å². The van der Waals surface area contributed by atoms with Gasteiger partial charge in [0.25, 0.3) is 0 Å². The van der Waals surface area contributed by atoms with E-state index in [0.717, 1.165) is 50.2 Å². The van der Waals surface area contributed by atoms with Crippen molar-refractivity contribution < 1.29 is 9.59 Å². The predicted octanol–water partition coefficient (Wildman–Crippen LogP) is 4.05. The van der Waals surface area contributed by atoms with Crippen LogP contribution in [0.4, 0.5) is 11.5 Å². The molecule has 2 N–H and O–H groups in total. The van der Waals surface area contributed by atoms with Gasteiger partial charge < -0.3 is 15.5 Å². The van der Waals surface area contributed by atoms with Crippen LogP contribution in [0.3, 0.4) is 0 Å². The van der Waals surface area contributed by atoms with Crippen LogP contribution in [0.5, 0.6) is 0 Å². The number of benzene rings is 1. The van der Waals surface area contributed by atoms with Gasteiger partial charge in [-0.05, 0) is 68.4 Å². The van der Waals surface area contributed by atoms with Crippen molar-refractivity contribution in [3.8, 4) is 0 Å². The molecule has 1 aromatic carbocycles. The van der Waals surface area contributed by atoms with Crippen molar-refractivity contribution in [1.82, 2.24) is 15.5 Å². The second-order valence-corrected chi connectivity index (χ2v) is 9.93. The Morgan fingerprint density at radius 1 is 1.09 bits per heavy atom. The summed E-state index contributed by atoms with van der Waals surface area (Å²) in [6.07, 6.45) is 7.53. The predicted molar refractivity (Wildman–Crippen MR) is 133 cm³/mol. The Morgan fingerprint density at radius 3 is 2.61 bits per heavy atom. The van der Waals surface area contributed by atoms with Crippen LogP contribution in [0, 0.1) is 5.92 Å². The number of carbonyl (C=O) groups is 2. The van der Waals surface area contributed by atoms with E-state index in [9.17, 15) is 9.59 Å². The first-order valence-electron chi connectivity index (χ1n) is 12.0. The first kappa shape index (κ1) is 23.5. The minimum absolute atomic E-state index is 0.0135. The maximum Gasteiger partial charge on any atom is 0.234 e. The third kappa shape index (κ3) is 7.19. The van der Waals surface area contributed by atoms with Gasteiger partial charge in [0, 0.05) is 24.8 Å².